The number of carboxylic acid groups (broad SMARTS) is 1. The number of nitrogens with zero attached hydrogens (tertiary/aromatic N) is 2. The van der Waals surface area contributed by atoms with Crippen molar-refractivity contribution in [2.24, 2.45) is 0 Å². The molecule has 0 fully saturated rings. The molecule has 0 saturated carbocycles. The van der Waals surface area contributed by atoms with Crippen molar-refractivity contribution < 1.29 is 28.7 Å². The van der Waals surface area contributed by atoms with Crippen LogP contribution < -0.4 is 9.47 Å². The molecule has 1 amide bonds. The Balaban J connectivity index is 1.89. The van der Waals surface area contributed by atoms with E-state index in [1.54, 1.807) is 18.2 Å². The highest BCUT2D eigenvalue weighted by molar-refractivity contribution is 5.95. The van der Waals surface area contributed by atoms with Crippen LogP contribution in [-0.4, -0.2) is 47.8 Å². The van der Waals surface area contributed by atoms with Gasteiger partial charge in [0.15, 0.2) is 5.69 Å². The minimum absolute atomic E-state index is 0.0837. The van der Waals surface area contributed by atoms with E-state index in [0.29, 0.717) is 23.5 Å². The van der Waals surface area contributed by atoms with Crippen molar-refractivity contribution in [3.63, 3.8) is 0 Å². The largest absolute Gasteiger partial charge is 0.497 e. The number of fused-ring (bicyclic) bond motifs is 1. The number of ether oxygens (including phenoxy) is 2. The predicted molar refractivity (Wildman–Crippen MR) is 95.1 cm³/mol. The van der Waals surface area contributed by atoms with Gasteiger partial charge in [0.25, 0.3) is 5.91 Å². The normalized spacial score (nSPS) is 13.0. The number of hydrogen-bond donors (Lipinski definition) is 1. The second kappa shape index (κ2) is 8.11. The summed E-state index contributed by atoms with van der Waals surface area (Å²) >= 11 is 0. The average Bonchev–Trinajstić information content (AvgIpc) is 3.10. The minimum atomic E-state index is -1.10. The van der Waals surface area contributed by atoms with E-state index in [1.165, 1.54) is 19.1 Å². The number of amides is 1. The summed E-state index contributed by atoms with van der Waals surface area (Å²) in [6, 6.07) is 5.19. The summed E-state index contributed by atoms with van der Waals surface area (Å²) in [5.74, 6) is 0.293. The SMILES string of the molecule is COc1cc(CN(CC(=O)O)C(=O)c2noc3c2CCCC3)cc(OC)c1. The maximum absolute atomic E-state index is 13.0. The van der Waals surface area contributed by atoms with Gasteiger partial charge in [-0.05, 0) is 37.0 Å². The van der Waals surface area contributed by atoms with E-state index in [2.05, 4.69) is 5.16 Å². The molecular formula is C19H22N2O6. The summed E-state index contributed by atoms with van der Waals surface area (Å²) in [6.45, 7) is -0.361. The van der Waals surface area contributed by atoms with Crippen LogP contribution in [0.1, 0.15) is 40.2 Å². The summed E-state index contributed by atoms with van der Waals surface area (Å²) in [6.07, 6.45) is 3.42. The van der Waals surface area contributed by atoms with E-state index in [0.717, 1.165) is 30.6 Å². The summed E-state index contributed by atoms with van der Waals surface area (Å²) in [5, 5.41) is 13.2. The average molecular weight is 374 g/mol. The topological polar surface area (TPSA) is 102 Å². The second-order valence-electron chi connectivity index (χ2n) is 6.42. The Morgan fingerprint density at radius 1 is 1.15 bits per heavy atom. The Bertz CT molecular complexity index is 822. The van der Waals surface area contributed by atoms with Gasteiger partial charge in [-0.25, -0.2) is 0 Å². The first-order valence-electron chi connectivity index (χ1n) is 8.72. The first-order valence-corrected chi connectivity index (χ1v) is 8.72. The molecule has 0 radical (unpaired) electrons. The van der Waals surface area contributed by atoms with Crippen molar-refractivity contribution in [2.75, 3.05) is 20.8 Å². The summed E-state index contributed by atoms with van der Waals surface area (Å²) < 4.78 is 15.8. The predicted octanol–water partition coefficient (Wildman–Crippen LogP) is 2.30. The molecule has 1 heterocycles. The third-order valence-corrected chi connectivity index (χ3v) is 4.55. The smallest absolute Gasteiger partial charge is 0.323 e. The Labute approximate surface area is 156 Å². The summed E-state index contributed by atoms with van der Waals surface area (Å²) in [5.41, 5.74) is 1.70. The van der Waals surface area contributed by atoms with Crippen molar-refractivity contribution in [2.45, 2.75) is 32.2 Å². The van der Waals surface area contributed by atoms with Gasteiger partial charge in [-0.3, -0.25) is 9.59 Å². The Morgan fingerprint density at radius 2 is 1.81 bits per heavy atom. The highest BCUT2D eigenvalue weighted by atomic mass is 16.5. The van der Waals surface area contributed by atoms with Crippen LogP contribution in [0.15, 0.2) is 22.7 Å². The summed E-state index contributed by atoms with van der Waals surface area (Å²) in [4.78, 5) is 25.6. The number of hydrogen-bond acceptors (Lipinski definition) is 6. The molecule has 2 aromatic rings. The van der Waals surface area contributed by atoms with Gasteiger partial charge >= 0.3 is 5.97 Å². The first kappa shape index (κ1) is 18.8. The zero-order chi connectivity index (χ0) is 19.4. The molecule has 0 aliphatic heterocycles. The lowest BCUT2D eigenvalue weighted by Gasteiger charge is -2.21. The van der Waals surface area contributed by atoms with Gasteiger partial charge in [-0.1, -0.05) is 5.16 Å². The van der Waals surface area contributed by atoms with Crippen LogP contribution in [0, 0.1) is 0 Å². The van der Waals surface area contributed by atoms with Crippen LogP contribution in [-0.2, 0) is 24.2 Å². The van der Waals surface area contributed by atoms with Gasteiger partial charge in [0.1, 0.15) is 23.8 Å². The Morgan fingerprint density at radius 3 is 2.44 bits per heavy atom. The second-order valence-corrected chi connectivity index (χ2v) is 6.42. The quantitative estimate of drug-likeness (QED) is 0.793. The maximum Gasteiger partial charge on any atom is 0.323 e. The zero-order valence-corrected chi connectivity index (χ0v) is 15.4. The maximum atomic E-state index is 13.0. The fraction of sp³-hybridized carbons (Fsp3) is 0.421. The van der Waals surface area contributed by atoms with Crippen molar-refractivity contribution >= 4 is 11.9 Å². The summed E-state index contributed by atoms with van der Waals surface area (Å²) in [7, 11) is 3.06. The molecule has 1 aromatic heterocycles. The van der Waals surface area contributed by atoms with E-state index in [9.17, 15) is 14.7 Å². The van der Waals surface area contributed by atoms with E-state index in [4.69, 9.17) is 14.0 Å². The number of aliphatic carboxylic acids is 1. The lowest BCUT2D eigenvalue weighted by molar-refractivity contribution is -0.137. The molecule has 27 heavy (non-hydrogen) atoms. The van der Waals surface area contributed by atoms with Gasteiger partial charge in [0.2, 0.25) is 0 Å². The molecule has 0 unspecified atom stereocenters. The van der Waals surface area contributed by atoms with E-state index in [-0.39, 0.29) is 12.2 Å². The highest BCUT2D eigenvalue weighted by Crippen LogP contribution is 2.27. The van der Waals surface area contributed by atoms with Crippen LogP contribution in [0.5, 0.6) is 11.5 Å². The molecule has 3 rings (SSSR count). The molecular weight excluding hydrogens is 352 g/mol. The number of benzene rings is 1. The van der Waals surface area contributed by atoms with Crippen molar-refractivity contribution in [3.05, 3.63) is 40.8 Å². The van der Waals surface area contributed by atoms with Crippen LogP contribution in [0.2, 0.25) is 0 Å². The number of aromatic nitrogens is 1. The number of methoxy groups -OCH3 is 2. The molecule has 0 saturated heterocycles. The molecule has 0 atom stereocenters. The number of aryl methyl sites for hydroxylation is 1. The van der Waals surface area contributed by atoms with Crippen molar-refractivity contribution in [1.82, 2.24) is 10.1 Å². The van der Waals surface area contributed by atoms with Crippen molar-refractivity contribution in [1.29, 1.82) is 0 Å². The van der Waals surface area contributed by atoms with Crippen molar-refractivity contribution in [3.8, 4) is 11.5 Å². The fourth-order valence-corrected chi connectivity index (χ4v) is 3.24. The standard InChI is InChI=1S/C19H22N2O6/c1-25-13-7-12(8-14(9-13)26-2)10-21(11-17(22)23)19(24)18-15-5-3-4-6-16(15)27-20-18/h7-9H,3-6,10-11H2,1-2H3,(H,22,23). The molecule has 8 heteroatoms. The zero-order valence-electron chi connectivity index (χ0n) is 15.4. The van der Waals surface area contributed by atoms with Crippen LogP contribution in [0.25, 0.3) is 0 Å². The number of carboxylic acids is 1. The van der Waals surface area contributed by atoms with Gasteiger partial charge in [0, 0.05) is 24.6 Å². The first-order chi connectivity index (χ1) is 13.0. The van der Waals surface area contributed by atoms with Crippen LogP contribution in [0.3, 0.4) is 0 Å². The van der Waals surface area contributed by atoms with Crippen LogP contribution in [0.4, 0.5) is 0 Å². The van der Waals surface area contributed by atoms with Gasteiger partial charge < -0.3 is 24.0 Å². The lowest BCUT2D eigenvalue weighted by Crippen LogP contribution is -2.36. The monoisotopic (exact) mass is 374 g/mol. The minimum Gasteiger partial charge on any atom is -0.497 e. The van der Waals surface area contributed by atoms with Gasteiger partial charge in [0.05, 0.1) is 14.2 Å². The Hall–Kier alpha value is -3.03. The number of carbonyl (C=O) groups is 2. The van der Waals surface area contributed by atoms with Gasteiger partial charge in [-0.15, -0.1) is 0 Å². The third-order valence-electron chi connectivity index (χ3n) is 4.55. The molecule has 8 nitrogen and oxygen atoms in total. The fourth-order valence-electron chi connectivity index (χ4n) is 3.24. The van der Waals surface area contributed by atoms with Crippen LogP contribution >= 0.6 is 0 Å². The number of carbonyl (C=O) groups excluding carboxylic acids is 1. The molecule has 1 aliphatic carbocycles. The third kappa shape index (κ3) is 4.21. The lowest BCUT2D eigenvalue weighted by atomic mass is 9.96. The number of rotatable bonds is 7. The molecule has 1 N–H and O–H groups in total. The van der Waals surface area contributed by atoms with Gasteiger partial charge in [-0.2, -0.15) is 0 Å². The Kier molecular flexibility index (Phi) is 5.63. The van der Waals surface area contributed by atoms with E-state index < -0.39 is 18.4 Å². The molecule has 1 aliphatic rings. The highest BCUT2D eigenvalue weighted by Gasteiger charge is 2.28. The molecule has 0 spiro atoms. The molecule has 1 aromatic carbocycles. The molecule has 144 valence electrons. The molecule has 0 bridgehead atoms. The van der Waals surface area contributed by atoms with E-state index in [1.807, 2.05) is 0 Å². The van der Waals surface area contributed by atoms with E-state index >= 15 is 0 Å².